The molecule has 0 aliphatic rings. The van der Waals surface area contributed by atoms with Gasteiger partial charge in [-0.25, -0.2) is 4.68 Å². The Kier molecular flexibility index (Phi) is 2.69. The van der Waals surface area contributed by atoms with Crippen LogP contribution in [0.2, 0.25) is 10.0 Å². The minimum Gasteiger partial charge on any atom is -0.383 e. The van der Waals surface area contributed by atoms with Crippen molar-refractivity contribution >= 4 is 46.0 Å². The summed E-state index contributed by atoms with van der Waals surface area (Å²) in [6.45, 7) is 0. The number of rotatable bonds is 1. The summed E-state index contributed by atoms with van der Waals surface area (Å²) >= 11 is 12.0. The minimum absolute atomic E-state index is 0.0804. The van der Waals surface area contributed by atoms with E-state index in [4.69, 9.17) is 34.7 Å². The van der Waals surface area contributed by atoms with E-state index < -0.39 is 0 Å². The average Bonchev–Trinajstić information content (AvgIpc) is 2.73. The van der Waals surface area contributed by atoms with Crippen LogP contribution in [-0.4, -0.2) is 19.7 Å². The molecule has 0 aliphatic heterocycles. The Balaban J connectivity index is 2.31. The Morgan fingerprint density at radius 1 is 1.11 bits per heavy atom. The van der Waals surface area contributed by atoms with Gasteiger partial charge in [0.1, 0.15) is 5.82 Å². The molecule has 3 rings (SSSR count). The van der Waals surface area contributed by atoms with E-state index in [9.17, 15) is 0 Å². The summed E-state index contributed by atoms with van der Waals surface area (Å²) in [6.07, 6.45) is 1.56. The number of anilines is 2. The molecule has 0 saturated carbocycles. The molecule has 2 heterocycles. The molecule has 8 heteroatoms. The van der Waals surface area contributed by atoms with Crippen molar-refractivity contribution < 1.29 is 0 Å². The Morgan fingerprint density at radius 3 is 2.63 bits per heavy atom. The fourth-order valence-corrected chi connectivity index (χ4v) is 2.27. The number of benzene rings is 1. The molecule has 3 aromatic rings. The number of nitrogens with zero attached hydrogens (tertiary/aromatic N) is 4. The highest BCUT2D eigenvalue weighted by molar-refractivity contribution is 6.35. The van der Waals surface area contributed by atoms with Crippen LogP contribution < -0.4 is 11.5 Å². The molecule has 0 amide bonds. The minimum atomic E-state index is 0.0804. The molecule has 0 spiro atoms. The van der Waals surface area contributed by atoms with Gasteiger partial charge in [0.15, 0.2) is 5.65 Å². The van der Waals surface area contributed by atoms with E-state index in [0.717, 1.165) is 0 Å². The molecular weight excluding hydrogens is 287 g/mol. The standard InChI is InChI=1S/C11H8Cl2N6/c12-5-1-2-8(7(13)3-5)19-10-6(4-16-19)9(14)17-11(15)18-10/h1-4H,(H4,14,15,17,18). The summed E-state index contributed by atoms with van der Waals surface area (Å²) in [4.78, 5) is 8.01. The van der Waals surface area contributed by atoms with Crippen LogP contribution in [0, 0.1) is 0 Å². The maximum Gasteiger partial charge on any atom is 0.224 e. The third-order valence-electron chi connectivity index (χ3n) is 2.61. The number of hydrogen-bond donors (Lipinski definition) is 2. The Hall–Kier alpha value is -2.05. The summed E-state index contributed by atoms with van der Waals surface area (Å²) in [5, 5.41) is 5.81. The van der Waals surface area contributed by atoms with E-state index in [0.29, 0.717) is 26.8 Å². The molecular formula is C11H8Cl2N6. The molecule has 0 unspecified atom stereocenters. The van der Waals surface area contributed by atoms with Crippen molar-refractivity contribution in [1.82, 2.24) is 19.7 Å². The second kappa shape index (κ2) is 4.25. The number of fused-ring (bicyclic) bond motifs is 1. The first-order valence-electron chi connectivity index (χ1n) is 5.28. The summed E-state index contributed by atoms with van der Waals surface area (Å²) in [5.41, 5.74) is 12.5. The Bertz CT molecular complexity index is 782. The second-order valence-corrected chi connectivity index (χ2v) is 4.70. The van der Waals surface area contributed by atoms with Crippen LogP contribution >= 0.6 is 23.2 Å². The lowest BCUT2D eigenvalue weighted by atomic mass is 10.3. The highest BCUT2D eigenvalue weighted by atomic mass is 35.5. The van der Waals surface area contributed by atoms with Crippen LogP contribution in [0.25, 0.3) is 16.7 Å². The highest BCUT2D eigenvalue weighted by Crippen LogP contribution is 2.27. The van der Waals surface area contributed by atoms with Crippen LogP contribution in [0.15, 0.2) is 24.4 Å². The molecule has 1 aromatic carbocycles. The van der Waals surface area contributed by atoms with Crippen LogP contribution in [0.3, 0.4) is 0 Å². The van der Waals surface area contributed by atoms with Crippen LogP contribution in [0.5, 0.6) is 0 Å². The fraction of sp³-hybridized carbons (Fsp3) is 0. The van der Waals surface area contributed by atoms with Gasteiger partial charge in [0.05, 0.1) is 22.3 Å². The zero-order valence-electron chi connectivity index (χ0n) is 9.51. The van der Waals surface area contributed by atoms with E-state index in [1.165, 1.54) is 0 Å². The Labute approximate surface area is 118 Å². The van der Waals surface area contributed by atoms with Crippen LogP contribution in [0.4, 0.5) is 11.8 Å². The lowest BCUT2D eigenvalue weighted by Gasteiger charge is -2.06. The number of nitrogen functional groups attached to an aromatic ring is 2. The molecule has 0 bridgehead atoms. The summed E-state index contributed by atoms with van der Waals surface area (Å²) in [5.74, 6) is 0.357. The quantitative estimate of drug-likeness (QED) is 0.718. The first-order valence-corrected chi connectivity index (χ1v) is 6.04. The van der Waals surface area contributed by atoms with Gasteiger partial charge in [0, 0.05) is 5.02 Å². The predicted octanol–water partition coefficient (Wildman–Crippen LogP) is 2.29. The zero-order chi connectivity index (χ0) is 13.6. The van der Waals surface area contributed by atoms with Crippen molar-refractivity contribution in [2.75, 3.05) is 11.5 Å². The van der Waals surface area contributed by atoms with Gasteiger partial charge >= 0.3 is 0 Å². The number of aromatic nitrogens is 4. The van der Waals surface area contributed by atoms with Crippen molar-refractivity contribution in [3.63, 3.8) is 0 Å². The van der Waals surface area contributed by atoms with Crippen molar-refractivity contribution in [3.8, 4) is 5.69 Å². The topological polar surface area (TPSA) is 95.6 Å². The smallest absolute Gasteiger partial charge is 0.224 e. The largest absolute Gasteiger partial charge is 0.383 e. The molecule has 6 nitrogen and oxygen atoms in total. The zero-order valence-corrected chi connectivity index (χ0v) is 11.0. The van der Waals surface area contributed by atoms with Crippen LogP contribution in [-0.2, 0) is 0 Å². The summed E-state index contributed by atoms with van der Waals surface area (Å²) < 4.78 is 1.54. The molecule has 19 heavy (non-hydrogen) atoms. The highest BCUT2D eigenvalue weighted by Gasteiger charge is 2.13. The molecule has 96 valence electrons. The van der Waals surface area contributed by atoms with Gasteiger partial charge < -0.3 is 11.5 Å². The van der Waals surface area contributed by atoms with Gasteiger partial charge in [-0.2, -0.15) is 15.1 Å². The fourth-order valence-electron chi connectivity index (χ4n) is 1.78. The Morgan fingerprint density at radius 2 is 1.89 bits per heavy atom. The maximum atomic E-state index is 6.15. The van der Waals surface area contributed by atoms with Crippen molar-refractivity contribution in [2.24, 2.45) is 0 Å². The lowest BCUT2D eigenvalue weighted by molar-refractivity contribution is 0.896. The molecule has 2 aromatic heterocycles. The predicted molar refractivity (Wildman–Crippen MR) is 75.5 cm³/mol. The third kappa shape index (κ3) is 1.94. The normalized spacial score (nSPS) is 11.1. The molecule has 0 radical (unpaired) electrons. The number of halogens is 2. The maximum absolute atomic E-state index is 6.15. The third-order valence-corrected chi connectivity index (χ3v) is 3.15. The molecule has 0 atom stereocenters. The SMILES string of the molecule is Nc1nc(N)c2cnn(-c3ccc(Cl)cc3Cl)c2n1. The van der Waals surface area contributed by atoms with E-state index >= 15 is 0 Å². The monoisotopic (exact) mass is 294 g/mol. The summed E-state index contributed by atoms with van der Waals surface area (Å²) in [6, 6.07) is 5.08. The van der Waals surface area contributed by atoms with Crippen LogP contribution in [0.1, 0.15) is 0 Å². The number of hydrogen-bond acceptors (Lipinski definition) is 5. The van der Waals surface area contributed by atoms with E-state index in [2.05, 4.69) is 15.1 Å². The van der Waals surface area contributed by atoms with E-state index in [1.54, 1.807) is 29.1 Å². The second-order valence-electron chi connectivity index (χ2n) is 3.86. The first kappa shape index (κ1) is 12.0. The molecule has 4 N–H and O–H groups in total. The van der Waals surface area contributed by atoms with Gasteiger partial charge in [-0.05, 0) is 18.2 Å². The van der Waals surface area contributed by atoms with E-state index in [1.807, 2.05) is 0 Å². The molecule has 0 saturated heterocycles. The van der Waals surface area contributed by atoms with Gasteiger partial charge in [-0.15, -0.1) is 0 Å². The number of nitrogens with two attached hydrogens (primary N) is 2. The van der Waals surface area contributed by atoms with E-state index in [-0.39, 0.29) is 11.8 Å². The lowest BCUT2D eigenvalue weighted by Crippen LogP contribution is -2.03. The van der Waals surface area contributed by atoms with Gasteiger partial charge in [0.25, 0.3) is 0 Å². The van der Waals surface area contributed by atoms with Gasteiger partial charge in [-0.3, -0.25) is 0 Å². The summed E-state index contributed by atoms with van der Waals surface area (Å²) in [7, 11) is 0. The average molecular weight is 295 g/mol. The molecule has 0 aliphatic carbocycles. The van der Waals surface area contributed by atoms with Crippen molar-refractivity contribution in [1.29, 1.82) is 0 Å². The van der Waals surface area contributed by atoms with Crippen molar-refractivity contribution in [3.05, 3.63) is 34.4 Å². The molecule has 0 fully saturated rings. The van der Waals surface area contributed by atoms with Crippen molar-refractivity contribution in [2.45, 2.75) is 0 Å². The first-order chi connectivity index (χ1) is 9.06. The van der Waals surface area contributed by atoms with Gasteiger partial charge in [-0.1, -0.05) is 23.2 Å². The van der Waals surface area contributed by atoms with Gasteiger partial charge in [0.2, 0.25) is 5.95 Å².